The molecule has 0 aromatic heterocycles. The molecule has 2 aliphatic heterocycles. The predicted octanol–water partition coefficient (Wildman–Crippen LogP) is 3.39. The van der Waals surface area contributed by atoms with E-state index >= 15 is 0 Å². The molecule has 2 aliphatic rings. The Labute approximate surface area is 131 Å². The summed E-state index contributed by atoms with van der Waals surface area (Å²) in [4.78, 5) is 17.2. The Morgan fingerprint density at radius 1 is 1.00 bits per heavy atom. The van der Waals surface area contributed by atoms with Gasteiger partial charge in [0.05, 0.1) is 0 Å². The van der Waals surface area contributed by atoms with Crippen LogP contribution in [0.1, 0.15) is 59.3 Å². The Hall–Kier alpha value is -0.570. The summed E-state index contributed by atoms with van der Waals surface area (Å²) >= 11 is 0. The molecule has 2 heterocycles. The molecule has 0 saturated carbocycles. The fourth-order valence-corrected chi connectivity index (χ4v) is 4.06. The Bertz CT molecular complexity index is 315. The number of hydrogen-bond acceptors (Lipinski definition) is 2. The van der Waals surface area contributed by atoms with Crippen LogP contribution in [-0.2, 0) is 4.79 Å². The Morgan fingerprint density at radius 3 is 2.19 bits per heavy atom. The minimum absolute atomic E-state index is 0.305. The maximum atomic E-state index is 12.5. The van der Waals surface area contributed by atoms with Crippen molar-refractivity contribution >= 4 is 5.91 Å². The van der Waals surface area contributed by atoms with Crippen LogP contribution < -0.4 is 0 Å². The fourth-order valence-electron chi connectivity index (χ4n) is 4.06. The number of carbonyl (C=O) groups is 1. The van der Waals surface area contributed by atoms with E-state index in [1.807, 2.05) is 0 Å². The zero-order valence-corrected chi connectivity index (χ0v) is 14.3. The van der Waals surface area contributed by atoms with Crippen LogP contribution in [0.4, 0.5) is 0 Å². The normalized spacial score (nSPS) is 23.5. The highest BCUT2D eigenvalue weighted by Crippen LogP contribution is 2.23. The first-order valence-corrected chi connectivity index (χ1v) is 9.07. The van der Waals surface area contributed by atoms with Crippen molar-refractivity contribution in [3.05, 3.63) is 0 Å². The summed E-state index contributed by atoms with van der Waals surface area (Å²) in [5, 5.41) is 0. The maximum Gasteiger partial charge on any atom is 0.225 e. The molecule has 2 fully saturated rings. The lowest BCUT2D eigenvalue weighted by Gasteiger charge is -2.36. The minimum Gasteiger partial charge on any atom is -0.342 e. The lowest BCUT2D eigenvalue weighted by Crippen LogP contribution is -2.45. The van der Waals surface area contributed by atoms with Crippen LogP contribution in [0.5, 0.6) is 0 Å². The van der Waals surface area contributed by atoms with Crippen molar-refractivity contribution in [3.8, 4) is 0 Å². The highest BCUT2D eigenvalue weighted by Gasteiger charge is 2.29. The van der Waals surface area contributed by atoms with E-state index in [9.17, 15) is 4.79 Å². The van der Waals surface area contributed by atoms with E-state index in [1.165, 1.54) is 32.2 Å². The van der Waals surface area contributed by atoms with Gasteiger partial charge in [-0.15, -0.1) is 0 Å². The molecule has 0 unspecified atom stereocenters. The van der Waals surface area contributed by atoms with E-state index in [1.54, 1.807) is 0 Å². The van der Waals surface area contributed by atoms with Gasteiger partial charge in [0, 0.05) is 25.6 Å². The number of carbonyl (C=O) groups excluding carboxylic acids is 1. The van der Waals surface area contributed by atoms with E-state index in [0.717, 1.165) is 50.9 Å². The summed E-state index contributed by atoms with van der Waals surface area (Å²) in [6, 6.07) is 0. The molecule has 0 aromatic rings. The number of nitrogens with zero attached hydrogens (tertiary/aromatic N) is 2. The largest absolute Gasteiger partial charge is 0.342 e. The van der Waals surface area contributed by atoms with E-state index < -0.39 is 0 Å². The average Bonchev–Trinajstić information content (AvgIpc) is 2.47. The minimum atomic E-state index is 0.305. The van der Waals surface area contributed by atoms with Gasteiger partial charge in [0.15, 0.2) is 0 Å². The third-order valence-electron chi connectivity index (χ3n) is 5.05. The molecular formula is C18H34N2O. The molecular weight excluding hydrogens is 260 g/mol. The first kappa shape index (κ1) is 16.8. The SMILES string of the molecule is CC(C)C[C@@H](C)CN1CCC(C(=O)N2CCCCC2)CC1. The summed E-state index contributed by atoms with van der Waals surface area (Å²) in [5.41, 5.74) is 0. The average molecular weight is 294 g/mol. The molecule has 3 nitrogen and oxygen atoms in total. The van der Waals surface area contributed by atoms with Crippen molar-refractivity contribution < 1.29 is 4.79 Å². The van der Waals surface area contributed by atoms with E-state index in [-0.39, 0.29) is 0 Å². The number of amides is 1. The smallest absolute Gasteiger partial charge is 0.225 e. The molecule has 0 N–H and O–H groups in total. The van der Waals surface area contributed by atoms with Gasteiger partial charge >= 0.3 is 0 Å². The molecule has 3 heteroatoms. The molecule has 0 aliphatic carbocycles. The molecule has 122 valence electrons. The van der Waals surface area contributed by atoms with Gasteiger partial charge in [-0.2, -0.15) is 0 Å². The van der Waals surface area contributed by atoms with Crippen molar-refractivity contribution in [3.63, 3.8) is 0 Å². The third kappa shape index (κ3) is 5.28. The van der Waals surface area contributed by atoms with Gasteiger partial charge in [-0.3, -0.25) is 4.79 Å². The Kier molecular flexibility index (Phi) is 6.53. The molecule has 2 rings (SSSR count). The van der Waals surface area contributed by atoms with Crippen LogP contribution in [0.15, 0.2) is 0 Å². The topological polar surface area (TPSA) is 23.6 Å². The molecule has 1 amide bonds. The van der Waals surface area contributed by atoms with E-state index in [2.05, 4.69) is 30.6 Å². The number of rotatable bonds is 5. The van der Waals surface area contributed by atoms with Crippen molar-refractivity contribution in [2.24, 2.45) is 17.8 Å². The lowest BCUT2D eigenvalue weighted by molar-refractivity contribution is -0.138. The number of piperidine rings is 2. The molecule has 0 spiro atoms. The number of hydrogen-bond donors (Lipinski definition) is 0. The Morgan fingerprint density at radius 2 is 1.62 bits per heavy atom. The molecule has 0 radical (unpaired) electrons. The fraction of sp³-hybridized carbons (Fsp3) is 0.944. The highest BCUT2D eigenvalue weighted by atomic mass is 16.2. The molecule has 2 saturated heterocycles. The first-order valence-electron chi connectivity index (χ1n) is 9.07. The summed E-state index contributed by atoms with van der Waals surface area (Å²) in [6.45, 7) is 12.4. The van der Waals surface area contributed by atoms with Gasteiger partial charge in [-0.1, -0.05) is 20.8 Å². The molecule has 0 aromatic carbocycles. The molecule has 21 heavy (non-hydrogen) atoms. The summed E-state index contributed by atoms with van der Waals surface area (Å²) in [7, 11) is 0. The maximum absolute atomic E-state index is 12.5. The van der Waals surface area contributed by atoms with Crippen LogP contribution in [0, 0.1) is 17.8 Å². The Balaban J connectivity index is 1.71. The van der Waals surface area contributed by atoms with Crippen molar-refractivity contribution in [1.29, 1.82) is 0 Å². The second-order valence-electron chi connectivity index (χ2n) is 7.70. The second-order valence-corrected chi connectivity index (χ2v) is 7.70. The van der Waals surface area contributed by atoms with Gasteiger partial charge in [-0.05, 0) is 63.5 Å². The van der Waals surface area contributed by atoms with Crippen LogP contribution >= 0.6 is 0 Å². The summed E-state index contributed by atoms with van der Waals surface area (Å²) in [5.74, 6) is 2.32. The van der Waals surface area contributed by atoms with E-state index in [0.29, 0.717) is 11.8 Å². The second kappa shape index (κ2) is 8.17. The van der Waals surface area contributed by atoms with Crippen molar-refractivity contribution in [1.82, 2.24) is 9.80 Å². The predicted molar refractivity (Wildman–Crippen MR) is 88.2 cm³/mol. The molecule has 0 bridgehead atoms. The monoisotopic (exact) mass is 294 g/mol. The van der Waals surface area contributed by atoms with Gasteiger partial charge < -0.3 is 9.80 Å². The van der Waals surface area contributed by atoms with E-state index in [4.69, 9.17) is 0 Å². The van der Waals surface area contributed by atoms with Crippen LogP contribution in [0.25, 0.3) is 0 Å². The quantitative estimate of drug-likeness (QED) is 0.776. The first-order chi connectivity index (χ1) is 10.1. The third-order valence-corrected chi connectivity index (χ3v) is 5.05. The number of likely N-dealkylation sites (tertiary alicyclic amines) is 2. The van der Waals surface area contributed by atoms with Gasteiger partial charge in [0.25, 0.3) is 0 Å². The zero-order chi connectivity index (χ0) is 15.2. The van der Waals surface area contributed by atoms with Gasteiger partial charge in [0.2, 0.25) is 5.91 Å². The molecule has 1 atom stereocenters. The van der Waals surface area contributed by atoms with Crippen LogP contribution in [0.3, 0.4) is 0 Å². The standard InChI is InChI=1S/C18H34N2O/c1-15(2)13-16(3)14-19-11-7-17(8-12-19)18(21)20-9-5-4-6-10-20/h15-17H,4-14H2,1-3H3/t16-/m1/s1. The summed E-state index contributed by atoms with van der Waals surface area (Å²) < 4.78 is 0. The van der Waals surface area contributed by atoms with Crippen LogP contribution in [0.2, 0.25) is 0 Å². The highest BCUT2D eigenvalue weighted by molar-refractivity contribution is 5.79. The van der Waals surface area contributed by atoms with Crippen molar-refractivity contribution in [2.75, 3.05) is 32.7 Å². The van der Waals surface area contributed by atoms with Gasteiger partial charge in [0.1, 0.15) is 0 Å². The van der Waals surface area contributed by atoms with Crippen LogP contribution in [-0.4, -0.2) is 48.4 Å². The lowest BCUT2D eigenvalue weighted by atomic mass is 9.92. The van der Waals surface area contributed by atoms with Crippen molar-refractivity contribution in [2.45, 2.75) is 59.3 Å². The zero-order valence-electron chi connectivity index (χ0n) is 14.3. The summed E-state index contributed by atoms with van der Waals surface area (Å²) in [6.07, 6.45) is 7.17. The van der Waals surface area contributed by atoms with Gasteiger partial charge in [-0.25, -0.2) is 0 Å².